The summed E-state index contributed by atoms with van der Waals surface area (Å²) in [5.41, 5.74) is 0. The molecule has 0 aromatic rings. The van der Waals surface area contributed by atoms with E-state index in [0.29, 0.717) is 0 Å². The number of rotatable bonds is 5. The van der Waals surface area contributed by atoms with E-state index >= 15 is 0 Å². The van der Waals surface area contributed by atoms with Gasteiger partial charge in [0, 0.05) is 0 Å². The summed E-state index contributed by atoms with van der Waals surface area (Å²) in [7, 11) is 0. The number of hydrogen-bond donors (Lipinski definition) is 0. The third kappa shape index (κ3) is 4.73. The van der Waals surface area contributed by atoms with Crippen molar-refractivity contribution in [2.75, 3.05) is 19.6 Å². The molecule has 0 heterocycles. The van der Waals surface area contributed by atoms with Crippen LogP contribution in [0.3, 0.4) is 0 Å². The fourth-order valence-corrected chi connectivity index (χ4v) is 0.881. The van der Waals surface area contributed by atoms with Gasteiger partial charge in [0.15, 0.2) is 0 Å². The van der Waals surface area contributed by atoms with E-state index in [0.717, 1.165) is 26.0 Å². The second kappa shape index (κ2) is 6.37. The van der Waals surface area contributed by atoms with Gasteiger partial charge >= 0.3 is 62.9 Å². The van der Waals surface area contributed by atoms with Gasteiger partial charge in [-0.15, -0.1) is 0 Å². The van der Waals surface area contributed by atoms with Gasteiger partial charge in [0.1, 0.15) is 0 Å². The van der Waals surface area contributed by atoms with Gasteiger partial charge in [-0.2, -0.15) is 0 Å². The van der Waals surface area contributed by atoms with Crippen molar-refractivity contribution in [1.82, 2.24) is 4.90 Å². The van der Waals surface area contributed by atoms with E-state index in [1.54, 1.807) is 6.15 Å². The Morgan fingerprint density at radius 2 is 1.89 bits per heavy atom. The Hall–Kier alpha value is 0.245. The normalized spacial score (nSPS) is 9.67. The molecule has 1 nitrogen and oxygen atoms in total. The molecule has 52 valence electrons. The van der Waals surface area contributed by atoms with Crippen LogP contribution < -0.4 is 0 Å². The summed E-state index contributed by atoms with van der Waals surface area (Å²) >= 11 is 4.71. The first kappa shape index (κ1) is 9.24. The van der Waals surface area contributed by atoms with E-state index in [4.69, 9.17) is 12.1 Å². The Kier molecular flexibility index (Phi) is 6.54. The van der Waals surface area contributed by atoms with E-state index in [9.17, 15) is 0 Å². The van der Waals surface area contributed by atoms with Gasteiger partial charge in [0.25, 0.3) is 0 Å². The molecule has 0 bridgehead atoms. The first-order valence-electron chi connectivity index (χ1n) is 3.51. The molecular weight excluding hydrogens is 129 g/mol. The molecule has 0 aliphatic carbocycles. The van der Waals surface area contributed by atoms with Gasteiger partial charge in [0.05, 0.1) is 0 Å². The van der Waals surface area contributed by atoms with Crippen molar-refractivity contribution in [1.29, 1.82) is 0 Å². The average molecular weight is 143 g/mol. The zero-order valence-corrected chi connectivity index (χ0v) is 7.08. The van der Waals surface area contributed by atoms with Crippen molar-refractivity contribution in [2.24, 2.45) is 0 Å². The third-order valence-electron chi connectivity index (χ3n) is 1.46. The first-order valence-corrected chi connectivity index (χ1v) is 3.98. The summed E-state index contributed by atoms with van der Waals surface area (Å²) in [4.78, 5) is 2.36. The molecule has 3 heteroatoms. The van der Waals surface area contributed by atoms with Crippen molar-refractivity contribution in [2.45, 2.75) is 20.2 Å². The molecule has 0 amide bonds. The van der Waals surface area contributed by atoms with Crippen molar-refractivity contribution < 1.29 is 0 Å². The van der Waals surface area contributed by atoms with Crippen LogP contribution in [0.4, 0.5) is 0 Å². The van der Waals surface area contributed by atoms with Crippen molar-refractivity contribution >= 4 is 18.2 Å². The third-order valence-corrected chi connectivity index (χ3v) is 1.69. The molecule has 0 N–H and O–H groups in total. The minimum atomic E-state index is 1.04. The molecule has 0 unspecified atom stereocenters. The second-order valence-corrected chi connectivity index (χ2v) is 2.32. The van der Waals surface area contributed by atoms with E-state index in [2.05, 4.69) is 18.7 Å². The van der Waals surface area contributed by atoms with Gasteiger partial charge in [-0.1, -0.05) is 0 Å². The molecule has 0 aliphatic rings. The van der Waals surface area contributed by atoms with Crippen LogP contribution in [0.1, 0.15) is 13.8 Å². The second-order valence-electron chi connectivity index (χ2n) is 1.98. The maximum atomic E-state index is 4.71. The fourth-order valence-electron chi connectivity index (χ4n) is 0.775. The monoisotopic (exact) mass is 143 g/mol. The molecule has 9 heavy (non-hydrogen) atoms. The molecule has 0 saturated carbocycles. The van der Waals surface area contributed by atoms with Crippen molar-refractivity contribution in [3.63, 3.8) is 0 Å². The maximum absolute atomic E-state index is 4.71. The summed E-state index contributed by atoms with van der Waals surface area (Å²) in [5.74, 6) is 0. The number of nitrogens with zero attached hydrogens (tertiary/aromatic N) is 1. The molecule has 0 aliphatic heterocycles. The Balaban J connectivity index is 3.19. The SMILES string of the molecule is CCN(CC)CCB=S. The molecule has 0 atom stereocenters. The standard InChI is InChI=1S/C6H14BNS/c1-3-8(4-2)6-5-7-9/h3-6H2,1-2H3. The topological polar surface area (TPSA) is 3.24 Å². The molecule has 0 saturated heterocycles. The Morgan fingerprint density at radius 1 is 1.33 bits per heavy atom. The van der Waals surface area contributed by atoms with Crippen LogP contribution in [0.5, 0.6) is 0 Å². The zero-order chi connectivity index (χ0) is 7.11. The Labute approximate surface area is 63.5 Å². The molecule has 0 aromatic heterocycles. The van der Waals surface area contributed by atoms with Crippen LogP contribution >= 0.6 is 12.1 Å². The predicted molar refractivity (Wildman–Crippen MR) is 45.9 cm³/mol. The average Bonchev–Trinajstić information content (AvgIpc) is 1.91. The van der Waals surface area contributed by atoms with E-state index < -0.39 is 0 Å². The Bertz CT molecular complexity index is 73.5. The molecule has 0 radical (unpaired) electrons. The van der Waals surface area contributed by atoms with Crippen LogP contribution in [0.2, 0.25) is 6.32 Å². The zero-order valence-electron chi connectivity index (χ0n) is 6.26. The Morgan fingerprint density at radius 3 is 2.22 bits per heavy atom. The van der Waals surface area contributed by atoms with Crippen LogP contribution in [-0.2, 0) is 0 Å². The van der Waals surface area contributed by atoms with Gasteiger partial charge in [-0.05, 0) is 0 Å². The molecule has 0 aromatic carbocycles. The van der Waals surface area contributed by atoms with Gasteiger partial charge in [-0.25, -0.2) is 0 Å². The molecule has 0 fully saturated rings. The molecule has 0 spiro atoms. The van der Waals surface area contributed by atoms with E-state index in [1.807, 2.05) is 0 Å². The number of hydrogen-bond acceptors (Lipinski definition) is 2. The van der Waals surface area contributed by atoms with Crippen LogP contribution in [0, 0.1) is 0 Å². The van der Waals surface area contributed by atoms with E-state index in [1.165, 1.54) is 0 Å². The van der Waals surface area contributed by atoms with Gasteiger partial charge in [-0.3, -0.25) is 0 Å². The predicted octanol–water partition coefficient (Wildman–Crippen LogP) is 1.56. The minimum absolute atomic E-state index is 1.04. The van der Waals surface area contributed by atoms with Gasteiger partial charge in [0.2, 0.25) is 0 Å². The van der Waals surface area contributed by atoms with Crippen molar-refractivity contribution in [3.05, 3.63) is 0 Å². The summed E-state index contributed by atoms with van der Waals surface area (Å²) < 4.78 is 0. The van der Waals surface area contributed by atoms with Gasteiger partial charge < -0.3 is 0 Å². The van der Waals surface area contributed by atoms with E-state index in [-0.39, 0.29) is 0 Å². The van der Waals surface area contributed by atoms with Crippen molar-refractivity contribution in [3.8, 4) is 0 Å². The summed E-state index contributed by atoms with van der Waals surface area (Å²) in [5, 5.41) is 0. The first-order chi connectivity index (χ1) is 4.35. The summed E-state index contributed by atoms with van der Waals surface area (Å²) in [6.45, 7) is 7.75. The quantitative estimate of drug-likeness (QED) is 0.537. The van der Waals surface area contributed by atoms with Crippen LogP contribution in [-0.4, -0.2) is 30.7 Å². The van der Waals surface area contributed by atoms with Crippen LogP contribution in [0.25, 0.3) is 0 Å². The molecular formula is C6H14BNS. The fraction of sp³-hybridized carbons (Fsp3) is 1.00. The summed E-state index contributed by atoms with van der Waals surface area (Å²) in [6.07, 6.45) is 2.84. The van der Waals surface area contributed by atoms with Crippen LogP contribution in [0.15, 0.2) is 0 Å². The summed E-state index contributed by atoms with van der Waals surface area (Å²) in [6, 6.07) is 0. The molecule has 0 rings (SSSR count).